The molecular weight excluding hydrogens is 96.1 g/mol. The molecule has 0 radical (unpaired) electrons. The zero-order valence-electron chi connectivity index (χ0n) is 4.93. The Kier molecular flexibility index (Phi) is 0.367. The van der Waals surface area contributed by atoms with Crippen molar-refractivity contribution in [2.45, 2.75) is 19.3 Å². The maximum Gasteiger partial charge on any atom is -0.00553 e. The zero-order chi connectivity index (χ0) is 5.19. The summed E-state index contributed by atoms with van der Waals surface area (Å²) in [5.74, 6) is 2.25. The molecule has 0 saturated heterocycles. The van der Waals surface area contributed by atoms with Crippen LogP contribution >= 0.6 is 0 Å². The van der Waals surface area contributed by atoms with E-state index in [0.29, 0.717) is 0 Å². The molecule has 3 aliphatic rings. The summed E-state index contributed by atoms with van der Waals surface area (Å²) in [4.78, 5) is 0. The predicted octanol–water partition coefficient (Wildman–Crippen LogP) is 1.97. The van der Waals surface area contributed by atoms with E-state index < -0.39 is 0 Å². The van der Waals surface area contributed by atoms with E-state index in [1.54, 1.807) is 6.42 Å². The molecule has 0 aromatic carbocycles. The monoisotopic (exact) mass is 106 g/mol. The van der Waals surface area contributed by atoms with Crippen molar-refractivity contribution in [1.29, 1.82) is 0 Å². The largest absolute Gasteiger partial charge is 0.0877 e. The van der Waals surface area contributed by atoms with Gasteiger partial charge in [-0.25, -0.2) is 0 Å². The molecule has 3 unspecified atom stereocenters. The van der Waals surface area contributed by atoms with Crippen LogP contribution in [-0.2, 0) is 0 Å². The minimum atomic E-state index is 0.819. The molecule has 0 aromatic heterocycles. The van der Waals surface area contributed by atoms with Crippen molar-refractivity contribution in [3.05, 3.63) is 12.2 Å². The van der Waals surface area contributed by atoms with Crippen LogP contribution in [0.3, 0.4) is 0 Å². The van der Waals surface area contributed by atoms with E-state index in [1.165, 1.54) is 12.8 Å². The summed E-state index contributed by atoms with van der Waals surface area (Å²) in [6, 6.07) is 0. The number of hydrogen-bond acceptors (Lipinski definition) is 0. The standard InChI is InChI=1S/C8H10/c1-2-6-4-7-5-8(6,7)3-1/h1,3,6-7H,2,4-5H2. The van der Waals surface area contributed by atoms with Crippen LogP contribution < -0.4 is 0 Å². The van der Waals surface area contributed by atoms with Crippen LogP contribution in [0.25, 0.3) is 0 Å². The van der Waals surface area contributed by atoms with E-state index in [2.05, 4.69) is 12.2 Å². The summed E-state index contributed by atoms with van der Waals surface area (Å²) in [5, 5.41) is 0. The van der Waals surface area contributed by atoms with Gasteiger partial charge < -0.3 is 0 Å². The van der Waals surface area contributed by atoms with Gasteiger partial charge in [0.2, 0.25) is 0 Å². The van der Waals surface area contributed by atoms with Crippen LogP contribution in [0.15, 0.2) is 12.2 Å². The van der Waals surface area contributed by atoms with Gasteiger partial charge in [-0.1, -0.05) is 12.2 Å². The van der Waals surface area contributed by atoms with E-state index in [9.17, 15) is 0 Å². The Morgan fingerprint density at radius 2 is 2.38 bits per heavy atom. The molecule has 0 aliphatic heterocycles. The van der Waals surface area contributed by atoms with Crippen molar-refractivity contribution in [3.63, 3.8) is 0 Å². The highest BCUT2D eigenvalue weighted by Gasteiger charge is 2.66. The minimum Gasteiger partial charge on any atom is -0.0877 e. The molecule has 3 atom stereocenters. The first kappa shape index (κ1) is 3.71. The Morgan fingerprint density at radius 3 is 2.88 bits per heavy atom. The van der Waals surface area contributed by atoms with E-state index in [1.807, 2.05) is 0 Å². The average molecular weight is 106 g/mol. The molecule has 0 bridgehead atoms. The third-order valence-corrected chi connectivity index (χ3v) is 3.38. The molecule has 3 aliphatic carbocycles. The third-order valence-electron chi connectivity index (χ3n) is 3.38. The Morgan fingerprint density at radius 1 is 1.38 bits per heavy atom. The Bertz CT molecular complexity index is 169. The van der Waals surface area contributed by atoms with Crippen LogP contribution in [0.2, 0.25) is 0 Å². The Labute approximate surface area is 49.6 Å². The molecule has 42 valence electrons. The lowest BCUT2D eigenvalue weighted by Gasteiger charge is -2.28. The smallest absolute Gasteiger partial charge is 0.00553 e. The fourth-order valence-electron chi connectivity index (χ4n) is 2.68. The quantitative estimate of drug-likeness (QED) is 0.414. The minimum absolute atomic E-state index is 0.819. The molecule has 0 heterocycles. The van der Waals surface area contributed by atoms with Crippen molar-refractivity contribution in [2.75, 3.05) is 0 Å². The Balaban J connectivity index is 2.11. The lowest BCUT2D eigenvalue weighted by atomic mass is 9.76. The van der Waals surface area contributed by atoms with Crippen LogP contribution in [0, 0.1) is 17.3 Å². The molecule has 2 saturated carbocycles. The van der Waals surface area contributed by atoms with Gasteiger partial charge in [0.05, 0.1) is 0 Å². The van der Waals surface area contributed by atoms with E-state index in [-0.39, 0.29) is 0 Å². The molecule has 0 aromatic rings. The topological polar surface area (TPSA) is 0 Å². The molecule has 0 nitrogen and oxygen atoms in total. The van der Waals surface area contributed by atoms with Gasteiger partial charge >= 0.3 is 0 Å². The lowest BCUT2D eigenvalue weighted by molar-refractivity contribution is 0.233. The lowest BCUT2D eigenvalue weighted by Crippen LogP contribution is -2.22. The number of allylic oxidation sites excluding steroid dienone is 2. The van der Waals surface area contributed by atoms with Gasteiger partial charge in [-0.3, -0.25) is 0 Å². The highest BCUT2D eigenvalue weighted by atomic mass is 14.7. The van der Waals surface area contributed by atoms with Gasteiger partial charge in [-0.15, -0.1) is 0 Å². The van der Waals surface area contributed by atoms with Crippen LogP contribution in [-0.4, -0.2) is 0 Å². The fourth-order valence-corrected chi connectivity index (χ4v) is 2.68. The van der Waals surface area contributed by atoms with Crippen LogP contribution in [0.4, 0.5) is 0 Å². The summed E-state index contributed by atoms with van der Waals surface area (Å²) in [7, 11) is 0. The summed E-state index contributed by atoms with van der Waals surface area (Å²) in [6.45, 7) is 0. The fraction of sp³-hybridized carbons (Fsp3) is 0.750. The maximum absolute atomic E-state index is 2.48. The van der Waals surface area contributed by atoms with Crippen molar-refractivity contribution in [2.24, 2.45) is 17.3 Å². The van der Waals surface area contributed by atoms with Crippen molar-refractivity contribution >= 4 is 0 Å². The molecule has 1 spiro atoms. The van der Waals surface area contributed by atoms with Gasteiger partial charge in [0.25, 0.3) is 0 Å². The average Bonchev–Trinajstić information content (AvgIpc) is 1.98. The molecule has 8 heavy (non-hydrogen) atoms. The molecule has 2 fully saturated rings. The highest BCUT2D eigenvalue weighted by molar-refractivity contribution is 5.29. The summed E-state index contributed by atoms with van der Waals surface area (Å²) in [6.07, 6.45) is 9.35. The molecule has 3 rings (SSSR count). The van der Waals surface area contributed by atoms with Crippen molar-refractivity contribution in [3.8, 4) is 0 Å². The summed E-state index contributed by atoms with van der Waals surface area (Å²) in [5.41, 5.74) is 0.819. The number of rotatable bonds is 0. The number of hydrogen-bond donors (Lipinski definition) is 0. The van der Waals surface area contributed by atoms with E-state index >= 15 is 0 Å². The second kappa shape index (κ2) is 0.792. The first-order valence-electron chi connectivity index (χ1n) is 3.59. The first-order valence-corrected chi connectivity index (χ1v) is 3.59. The van der Waals surface area contributed by atoms with Gasteiger partial charge in [0.15, 0.2) is 0 Å². The molecule has 0 heteroatoms. The SMILES string of the molecule is C1=CC23CC2CC3C1. The van der Waals surface area contributed by atoms with Crippen molar-refractivity contribution in [1.82, 2.24) is 0 Å². The maximum atomic E-state index is 2.48. The van der Waals surface area contributed by atoms with Crippen LogP contribution in [0.5, 0.6) is 0 Å². The van der Waals surface area contributed by atoms with Crippen LogP contribution in [0.1, 0.15) is 19.3 Å². The second-order valence-electron chi connectivity index (χ2n) is 3.58. The normalized spacial score (nSPS) is 64.0. The summed E-state index contributed by atoms with van der Waals surface area (Å²) < 4.78 is 0. The third kappa shape index (κ3) is 0.195. The van der Waals surface area contributed by atoms with Crippen molar-refractivity contribution < 1.29 is 0 Å². The zero-order valence-corrected chi connectivity index (χ0v) is 4.93. The predicted molar refractivity (Wildman–Crippen MR) is 32.4 cm³/mol. The van der Waals surface area contributed by atoms with Gasteiger partial charge in [-0.2, -0.15) is 0 Å². The Hall–Kier alpha value is -0.260. The molecule has 0 amide bonds. The van der Waals surface area contributed by atoms with Gasteiger partial charge in [0, 0.05) is 0 Å². The first-order chi connectivity index (χ1) is 3.92. The van der Waals surface area contributed by atoms with E-state index in [0.717, 1.165) is 17.3 Å². The van der Waals surface area contributed by atoms with E-state index in [4.69, 9.17) is 0 Å². The molecular formula is C8H10. The van der Waals surface area contributed by atoms with Gasteiger partial charge in [0.1, 0.15) is 0 Å². The highest BCUT2D eigenvalue weighted by Crippen LogP contribution is 2.75. The molecule has 0 N–H and O–H groups in total. The van der Waals surface area contributed by atoms with Gasteiger partial charge in [-0.05, 0) is 36.5 Å². The summed E-state index contributed by atoms with van der Waals surface area (Å²) >= 11 is 0. The second-order valence-corrected chi connectivity index (χ2v) is 3.58.